The average Bonchev–Trinajstić information content (AvgIpc) is 3.25. The molecule has 9 heteroatoms. The number of anilines is 1. The first kappa shape index (κ1) is 20.4. The summed E-state index contributed by atoms with van der Waals surface area (Å²) in [4.78, 5) is 35.9. The molecule has 1 aliphatic rings. The molecule has 3 aromatic carbocycles. The van der Waals surface area contributed by atoms with Gasteiger partial charge in [0.05, 0.1) is 10.7 Å². The molecule has 1 aliphatic heterocycles. The van der Waals surface area contributed by atoms with Gasteiger partial charge < -0.3 is 14.8 Å². The third kappa shape index (κ3) is 4.84. The van der Waals surface area contributed by atoms with Crippen LogP contribution < -0.4 is 14.8 Å². The van der Waals surface area contributed by atoms with Gasteiger partial charge in [-0.3, -0.25) is 19.7 Å². The molecule has 0 atom stereocenters. The highest BCUT2D eigenvalue weighted by Crippen LogP contribution is 2.33. The molecule has 1 heterocycles. The van der Waals surface area contributed by atoms with Crippen molar-refractivity contribution in [2.24, 2.45) is 0 Å². The maximum Gasteiger partial charge on any atom is 0.269 e. The fourth-order valence-corrected chi connectivity index (χ4v) is 3.75. The van der Waals surface area contributed by atoms with Gasteiger partial charge >= 0.3 is 0 Å². The number of ether oxygens (including phenoxy) is 2. The van der Waals surface area contributed by atoms with E-state index in [9.17, 15) is 19.7 Å². The number of nitro benzene ring substituents is 1. The van der Waals surface area contributed by atoms with Crippen molar-refractivity contribution in [2.75, 3.05) is 17.9 Å². The molecule has 31 heavy (non-hydrogen) atoms. The second kappa shape index (κ2) is 8.88. The van der Waals surface area contributed by atoms with E-state index in [1.165, 1.54) is 36.0 Å². The number of carbonyl (C=O) groups is 2. The van der Waals surface area contributed by atoms with Crippen LogP contribution in [0.5, 0.6) is 11.5 Å². The Kier molecular flexibility index (Phi) is 5.85. The molecule has 156 valence electrons. The minimum atomic E-state index is -0.521. The van der Waals surface area contributed by atoms with E-state index in [2.05, 4.69) is 5.32 Å². The highest BCUT2D eigenvalue weighted by molar-refractivity contribution is 8.00. The van der Waals surface area contributed by atoms with Gasteiger partial charge in [0.2, 0.25) is 6.79 Å². The first-order valence-electron chi connectivity index (χ1n) is 9.21. The summed E-state index contributed by atoms with van der Waals surface area (Å²) in [5, 5.41) is 13.5. The fourth-order valence-electron chi connectivity index (χ4n) is 2.90. The number of benzene rings is 3. The van der Waals surface area contributed by atoms with E-state index in [-0.39, 0.29) is 29.9 Å². The van der Waals surface area contributed by atoms with Crippen molar-refractivity contribution in [2.45, 2.75) is 4.90 Å². The number of nitro groups is 1. The van der Waals surface area contributed by atoms with Crippen LogP contribution in [0.1, 0.15) is 20.7 Å². The molecule has 1 N–H and O–H groups in total. The number of ketones is 1. The van der Waals surface area contributed by atoms with Gasteiger partial charge in [-0.15, -0.1) is 11.8 Å². The van der Waals surface area contributed by atoms with Crippen molar-refractivity contribution in [3.8, 4) is 11.5 Å². The van der Waals surface area contributed by atoms with Gasteiger partial charge in [-0.25, -0.2) is 0 Å². The number of rotatable bonds is 7. The summed E-state index contributed by atoms with van der Waals surface area (Å²) < 4.78 is 10.6. The van der Waals surface area contributed by atoms with Crippen LogP contribution in [0.4, 0.5) is 11.4 Å². The summed E-state index contributed by atoms with van der Waals surface area (Å²) in [7, 11) is 0. The molecule has 0 saturated heterocycles. The number of thioether (sulfide) groups is 1. The molecule has 0 radical (unpaired) electrons. The molecule has 0 bridgehead atoms. The van der Waals surface area contributed by atoms with Gasteiger partial charge in [-0.1, -0.05) is 6.07 Å². The number of hydrogen-bond acceptors (Lipinski definition) is 7. The van der Waals surface area contributed by atoms with Crippen LogP contribution in [-0.4, -0.2) is 29.2 Å². The Morgan fingerprint density at radius 1 is 0.968 bits per heavy atom. The molecule has 0 spiro atoms. The maximum atomic E-state index is 12.5. The Morgan fingerprint density at radius 3 is 2.48 bits per heavy atom. The predicted octanol–water partition coefficient (Wildman–Crippen LogP) is 4.55. The minimum absolute atomic E-state index is 0.0522. The number of hydrogen-bond donors (Lipinski definition) is 1. The first-order chi connectivity index (χ1) is 15.0. The Morgan fingerprint density at radius 2 is 1.71 bits per heavy atom. The van der Waals surface area contributed by atoms with Crippen LogP contribution in [0.15, 0.2) is 71.6 Å². The van der Waals surface area contributed by atoms with Gasteiger partial charge in [0.1, 0.15) is 0 Å². The first-order valence-corrected chi connectivity index (χ1v) is 10.2. The highest BCUT2D eigenvalue weighted by Gasteiger charge is 2.16. The Bertz CT molecular complexity index is 1160. The summed E-state index contributed by atoms with van der Waals surface area (Å²) in [5.74, 6) is 0.976. The lowest BCUT2D eigenvalue weighted by molar-refractivity contribution is -0.384. The molecule has 8 nitrogen and oxygen atoms in total. The molecule has 4 rings (SSSR count). The number of Topliss-reactive ketones (excluding diaryl/α,β-unsaturated/α-hetero) is 1. The standard InChI is InChI=1S/C22H16N2O6S/c25-19(15-6-9-20-21(10-15)30-13-29-20)12-31-18-3-1-2-16(11-18)23-22(26)14-4-7-17(8-5-14)24(27)28/h1-11H,12-13H2,(H,23,26). The molecule has 0 saturated carbocycles. The van der Waals surface area contributed by atoms with Gasteiger partial charge in [0.15, 0.2) is 17.3 Å². The Hall–Kier alpha value is -3.85. The van der Waals surface area contributed by atoms with Crippen molar-refractivity contribution in [3.05, 3.63) is 88.0 Å². The fraction of sp³-hybridized carbons (Fsp3) is 0.0909. The van der Waals surface area contributed by atoms with E-state index in [1.54, 1.807) is 36.4 Å². The van der Waals surface area contributed by atoms with E-state index in [4.69, 9.17) is 9.47 Å². The molecule has 0 aromatic heterocycles. The van der Waals surface area contributed by atoms with Gasteiger partial charge in [0.25, 0.3) is 11.6 Å². The topological polar surface area (TPSA) is 108 Å². The van der Waals surface area contributed by atoms with Crippen LogP contribution in [-0.2, 0) is 0 Å². The molecular formula is C22H16N2O6S. The number of non-ortho nitro benzene ring substituents is 1. The summed E-state index contributed by atoms with van der Waals surface area (Å²) in [6.07, 6.45) is 0. The van der Waals surface area contributed by atoms with Crippen molar-refractivity contribution in [3.63, 3.8) is 0 Å². The lowest BCUT2D eigenvalue weighted by Crippen LogP contribution is -2.11. The maximum absolute atomic E-state index is 12.5. The lowest BCUT2D eigenvalue weighted by atomic mass is 10.1. The summed E-state index contributed by atoms with van der Waals surface area (Å²) in [5.41, 5.74) is 1.33. The molecule has 3 aromatic rings. The Labute approximate surface area is 181 Å². The largest absolute Gasteiger partial charge is 0.454 e. The van der Waals surface area contributed by atoms with Gasteiger partial charge in [-0.2, -0.15) is 0 Å². The van der Waals surface area contributed by atoms with Crippen molar-refractivity contribution in [1.82, 2.24) is 0 Å². The number of fused-ring (bicyclic) bond motifs is 1. The molecular weight excluding hydrogens is 420 g/mol. The minimum Gasteiger partial charge on any atom is -0.454 e. The predicted molar refractivity (Wildman–Crippen MR) is 115 cm³/mol. The van der Waals surface area contributed by atoms with Gasteiger partial charge in [-0.05, 0) is 48.5 Å². The normalized spacial score (nSPS) is 11.7. The van der Waals surface area contributed by atoms with E-state index >= 15 is 0 Å². The number of nitrogens with zero attached hydrogens (tertiary/aromatic N) is 1. The van der Waals surface area contributed by atoms with Gasteiger partial charge in [0, 0.05) is 33.8 Å². The Balaban J connectivity index is 1.37. The van der Waals surface area contributed by atoms with E-state index in [1.807, 2.05) is 6.07 Å². The highest BCUT2D eigenvalue weighted by atomic mass is 32.2. The lowest BCUT2D eigenvalue weighted by Gasteiger charge is -2.08. The van der Waals surface area contributed by atoms with Crippen LogP contribution >= 0.6 is 11.8 Å². The second-order valence-electron chi connectivity index (χ2n) is 6.57. The van der Waals surface area contributed by atoms with Crippen molar-refractivity contribution in [1.29, 1.82) is 0 Å². The second-order valence-corrected chi connectivity index (χ2v) is 7.61. The SMILES string of the molecule is O=C(CSc1cccc(NC(=O)c2ccc([N+](=O)[O-])cc2)c1)c1ccc2c(c1)OCO2. The smallest absolute Gasteiger partial charge is 0.269 e. The zero-order valence-corrected chi connectivity index (χ0v) is 16.9. The number of amides is 1. The summed E-state index contributed by atoms with van der Waals surface area (Å²) >= 11 is 1.35. The van der Waals surface area contributed by atoms with Crippen LogP contribution in [0.3, 0.4) is 0 Å². The van der Waals surface area contributed by atoms with Crippen LogP contribution in [0.25, 0.3) is 0 Å². The van der Waals surface area contributed by atoms with E-state index in [0.29, 0.717) is 28.3 Å². The quantitative estimate of drug-likeness (QED) is 0.250. The van der Waals surface area contributed by atoms with E-state index in [0.717, 1.165) is 4.90 Å². The number of carbonyl (C=O) groups excluding carboxylic acids is 2. The van der Waals surface area contributed by atoms with Crippen LogP contribution in [0, 0.1) is 10.1 Å². The molecule has 0 fully saturated rings. The summed E-state index contributed by atoms with van der Waals surface area (Å²) in [6.45, 7) is 0.153. The summed E-state index contributed by atoms with van der Waals surface area (Å²) in [6, 6.07) is 17.6. The van der Waals surface area contributed by atoms with E-state index < -0.39 is 4.92 Å². The van der Waals surface area contributed by atoms with Crippen molar-refractivity contribution >= 4 is 34.8 Å². The van der Waals surface area contributed by atoms with Crippen LogP contribution in [0.2, 0.25) is 0 Å². The zero-order valence-electron chi connectivity index (χ0n) is 16.1. The molecule has 1 amide bonds. The zero-order chi connectivity index (χ0) is 21.8. The molecule has 0 unspecified atom stereocenters. The number of nitrogens with one attached hydrogen (secondary N) is 1. The third-order valence-electron chi connectivity index (χ3n) is 4.50. The monoisotopic (exact) mass is 436 g/mol. The van der Waals surface area contributed by atoms with Crippen molar-refractivity contribution < 1.29 is 24.0 Å². The third-order valence-corrected chi connectivity index (χ3v) is 5.49. The average molecular weight is 436 g/mol. The molecule has 0 aliphatic carbocycles.